The Kier molecular flexibility index (Phi) is 4.48. The second-order valence-electron chi connectivity index (χ2n) is 5.11. The van der Waals surface area contributed by atoms with Crippen molar-refractivity contribution in [2.45, 2.75) is 6.04 Å². The molecular formula is C18H15FN2OS. The Morgan fingerprint density at radius 3 is 2.70 bits per heavy atom. The SMILES string of the molecule is CN(C(=O)c1cccs1)C(c1cccc(F)c1)c1ccccn1. The topological polar surface area (TPSA) is 33.2 Å². The van der Waals surface area contributed by atoms with E-state index in [1.807, 2.05) is 29.6 Å². The maximum absolute atomic E-state index is 13.7. The molecule has 0 spiro atoms. The Balaban J connectivity index is 2.03. The normalized spacial score (nSPS) is 11.9. The summed E-state index contributed by atoms with van der Waals surface area (Å²) in [6, 6.07) is 15.0. The van der Waals surface area contributed by atoms with E-state index in [1.165, 1.54) is 23.5 Å². The molecule has 3 aromatic rings. The van der Waals surface area contributed by atoms with Crippen molar-refractivity contribution in [1.29, 1.82) is 0 Å². The molecule has 5 heteroatoms. The van der Waals surface area contributed by atoms with Gasteiger partial charge in [-0.25, -0.2) is 4.39 Å². The molecule has 2 heterocycles. The smallest absolute Gasteiger partial charge is 0.264 e. The summed E-state index contributed by atoms with van der Waals surface area (Å²) >= 11 is 1.38. The Morgan fingerprint density at radius 2 is 2.04 bits per heavy atom. The lowest BCUT2D eigenvalue weighted by atomic mass is 10.0. The van der Waals surface area contributed by atoms with Crippen LogP contribution in [0.3, 0.4) is 0 Å². The van der Waals surface area contributed by atoms with Crippen molar-refractivity contribution in [3.05, 3.63) is 88.1 Å². The van der Waals surface area contributed by atoms with Gasteiger partial charge in [0.1, 0.15) is 5.82 Å². The third-order valence-electron chi connectivity index (χ3n) is 3.57. The number of amides is 1. The highest BCUT2D eigenvalue weighted by Crippen LogP contribution is 2.28. The van der Waals surface area contributed by atoms with Crippen molar-refractivity contribution in [2.24, 2.45) is 0 Å². The number of thiophene rings is 1. The second kappa shape index (κ2) is 6.71. The highest BCUT2D eigenvalue weighted by atomic mass is 32.1. The van der Waals surface area contributed by atoms with E-state index in [2.05, 4.69) is 4.98 Å². The Labute approximate surface area is 138 Å². The lowest BCUT2D eigenvalue weighted by Crippen LogP contribution is -2.32. The zero-order chi connectivity index (χ0) is 16.2. The first-order valence-corrected chi connectivity index (χ1v) is 8.02. The van der Waals surface area contributed by atoms with E-state index in [0.29, 0.717) is 16.1 Å². The number of pyridine rings is 1. The van der Waals surface area contributed by atoms with Crippen LogP contribution in [0.4, 0.5) is 4.39 Å². The number of carbonyl (C=O) groups excluding carboxylic acids is 1. The molecule has 3 rings (SSSR count). The number of carbonyl (C=O) groups is 1. The molecule has 0 radical (unpaired) electrons. The summed E-state index contributed by atoms with van der Waals surface area (Å²) in [6.45, 7) is 0. The molecule has 116 valence electrons. The number of rotatable bonds is 4. The molecular weight excluding hydrogens is 311 g/mol. The first-order chi connectivity index (χ1) is 11.2. The monoisotopic (exact) mass is 326 g/mol. The van der Waals surface area contributed by atoms with Crippen LogP contribution in [-0.2, 0) is 0 Å². The van der Waals surface area contributed by atoms with Gasteiger partial charge in [-0.05, 0) is 41.3 Å². The Bertz CT molecular complexity index is 790. The highest BCUT2D eigenvalue weighted by molar-refractivity contribution is 7.12. The van der Waals surface area contributed by atoms with Crippen LogP contribution >= 0.6 is 11.3 Å². The van der Waals surface area contributed by atoms with E-state index >= 15 is 0 Å². The molecule has 0 aliphatic carbocycles. The molecule has 2 aromatic heterocycles. The van der Waals surface area contributed by atoms with Crippen molar-refractivity contribution in [3.63, 3.8) is 0 Å². The van der Waals surface area contributed by atoms with Gasteiger partial charge in [0.2, 0.25) is 0 Å². The summed E-state index contributed by atoms with van der Waals surface area (Å²) in [5, 5.41) is 1.86. The molecule has 0 fully saturated rings. The van der Waals surface area contributed by atoms with Crippen LogP contribution in [0.1, 0.15) is 27.0 Å². The van der Waals surface area contributed by atoms with Crippen LogP contribution in [0.2, 0.25) is 0 Å². The van der Waals surface area contributed by atoms with Crippen LogP contribution in [0.15, 0.2) is 66.2 Å². The van der Waals surface area contributed by atoms with Crippen molar-refractivity contribution < 1.29 is 9.18 Å². The summed E-state index contributed by atoms with van der Waals surface area (Å²) in [6.07, 6.45) is 1.67. The number of hydrogen-bond donors (Lipinski definition) is 0. The fraction of sp³-hybridized carbons (Fsp3) is 0.111. The zero-order valence-electron chi connectivity index (χ0n) is 12.5. The molecule has 0 N–H and O–H groups in total. The summed E-state index contributed by atoms with van der Waals surface area (Å²) in [7, 11) is 1.71. The van der Waals surface area contributed by atoms with E-state index < -0.39 is 6.04 Å². The number of aromatic nitrogens is 1. The standard InChI is InChI=1S/C18H15FN2OS/c1-21(18(22)16-9-5-11-23-16)17(15-8-2-3-10-20-15)13-6-4-7-14(19)12-13/h2-12,17H,1H3. The first kappa shape index (κ1) is 15.4. The van der Waals surface area contributed by atoms with Crippen molar-refractivity contribution >= 4 is 17.2 Å². The molecule has 0 bridgehead atoms. The van der Waals surface area contributed by atoms with Gasteiger partial charge < -0.3 is 4.90 Å². The lowest BCUT2D eigenvalue weighted by Gasteiger charge is -2.28. The number of benzene rings is 1. The third-order valence-corrected chi connectivity index (χ3v) is 4.43. The number of nitrogens with zero attached hydrogens (tertiary/aromatic N) is 2. The largest absolute Gasteiger partial charge is 0.328 e. The van der Waals surface area contributed by atoms with Crippen molar-refractivity contribution in [1.82, 2.24) is 9.88 Å². The van der Waals surface area contributed by atoms with Crippen molar-refractivity contribution in [3.8, 4) is 0 Å². The van der Waals surface area contributed by atoms with Gasteiger partial charge in [-0.3, -0.25) is 9.78 Å². The van der Waals surface area contributed by atoms with Gasteiger partial charge >= 0.3 is 0 Å². The predicted molar refractivity (Wildman–Crippen MR) is 88.9 cm³/mol. The average molecular weight is 326 g/mol. The van der Waals surface area contributed by atoms with Gasteiger partial charge in [0.15, 0.2) is 0 Å². The summed E-state index contributed by atoms with van der Waals surface area (Å²) in [4.78, 5) is 19.3. The predicted octanol–water partition coefficient (Wildman–Crippen LogP) is 4.14. The molecule has 23 heavy (non-hydrogen) atoms. The van der Waals surface area contributed by atoms with Crippen LogP contribution in [0, 0.1) is 5.82 Å². The van der Waals surface area contributed by atoms with Crippen LogP contribution in [-0.4, -0.2) is 22.8 Å². The van der Waals surface area contributed by atoms with Gasteiger partial charge in [0, 0.05) is 13.2 Å². The molecule has 1 unspecified atom stereocenters. The highest BCUT2D eigenvalue weighted by Gasteiger charge is 2.26. The first-order valence-electron chi connectivity index (χ1n) is 7.14. The average Bonchev–Trinajstić information content (AvgIpc) is 3.10. The van der Waals surface area contributed by atoms with Crippen molar-refractivity contribution in [2.75, 3.05) is 7.05 Å². The maximum atomic E-state index is 13.7. The van der Waals surface area contributed by atoms with Gasteiger partial charge in [0.05, 0.1) is 16.6 Å². The quantitative estimate of drug-likeness (QED) is 0.722. The molecule has 3 nitrogen and oxygen atoms in total. The minimum Gasteiger partial charge on any atom is -0.328 e. The van der Waals surface area contributed by atoms with E-state index in [9.17, 15) is 9.18 Å². The minimum absolute atomic E-state index is 0.111. The fourth-order valence-corrected chi connectivity index (χ4v) is 3.20. The molecule has 0 saturated heterocycles. The second-order valence-corrected chi connectivity index (χ2v) is 6.05. The molecule has 0 saturated carbocycles. The Hall–Kier alpha value is -2.53. The summed E-state index contributed by atoms with van der Waals surface area (Å²) < 4.78 is 13.7. The number of halogens is 1. The molecule has 0 aliphatic heterocycles. The van der Waals surface area contributed by atoms with Gasteiger partial charge in [-0.1, -0.05) is 24.3 Å². The van der Waals surface area contributed by atoms with E-state index in [0.717, 1.165) is 0 Å². The van der Waals surface area contributed by atoms with Crippen LogP contribution in [0.5, 0.6) is 0 Å². The van der Waals surface area contributed by atoms with E-state index in [4.69, 9.17) is 0 Å². The van der Waals surface area contributed by atoms with E-state index in [-0.39, 0.29) is 11.7 Å². The minimum atomic E-state index is -0.443. The van der Waals surface area contributed by atoms with Gasteiger partial charge in [-0.15, -0.1) is 11.3 Å². The molecule has 1 amide bonds. The van der Waals surface area contributed by atoms with Gasteiger partial charge in [0.25, 0.3) is 5.91 Å². The molecule has 1 aromatic carbocycles. The molecule has 1 atom stereocenters. The summed E-state index contributed by atoms with van der Waals surface area (Å²) in [5.74, 6) is -0.444. The summed E-state index contributed by atoms with van der Waals surface area (Å²) in [5.41, 5.74) is 1.39. The lowest BCUT2D eigenvalue weighted by molar-refractivity contribution is 0.0757. The van der Waals surface area contributed by atoms with E-state index in [1.54, 1.807) is 36.3 Å². The van der Waals surface area contributed by atoms with Gasteiger partial charge in [-0.2, -0.15) is 0 Å². The zero-order valence-corrected chi connectivity index (χ0v) is 13.3. The number of hydrogen-bond acceptors (Lipinski definition) is 3. The fourth-order valence-electron chi connectivity index (χ4n) is 2.50. The third kappa shape index (κ3) is 3.29. The Morgan fingerprint density at radius 1 is 1.17 bits per heavy atom. The van der Waals surface area contributed by atoms with Crippen LogP contribution < -0.4 is 0 Å². The molecule has 0 aliphatic rings. The van der Waals surface area contributed by atoms with Crippen LogP contribution in [0.25, 0.3) is 0 Å². The maximum Gasteiger partial charge on any atom is 0.264 e.